The van der Waals surface area contributed by atoms with Gasteiger partial charge in [-0.1, -0.05) is 17.3 Å². The van der Waals surface area contributed by atoms with Crippen LogP contribution in [0.25, 0.3) is 20.8 Å². The van der Waals surface area contributed by atoms with Crippen LogP contribution in [-0.4, -0.2) is 59.3 Å². The molecule has 2 unspecified atom stereocenters. The first kappa shape index (κ1) is 28.5. The van der Waals surface area contributed by atoms with E-state index in [0.29, 0.717) is 22.3 Å². The third-order valence-electron chi connectivity index (χ3n) is 5.78. The van der Waals surface area contributed by atoms with Gasteiger partial charge in [0.05, 0.1) is 45.4 Å². The monoisotopic (exact) mass is 567 g/mol. The third-order valence-corrected chi connectivity index (χ3v) is 7.06. The average Bonchev–Trinajstić information content (AvgIpc) is 3.56. The number of aromatic nitrogens is 2. The zero-order valence-electron chi connectivity index (χ0n) is 21.5. The van der Waals surface area contributed by atoms with Crippen molar-refractivity contribution >= 4 is 39.2 Å². The van der Waals surface area contributed by atoms with Crippen molar-refractivity contribution in [2.45, 2.75) is 57.7 Å². The Morgan fingerprint density at radius 1 is 1.31 bits per heavy atom. The normalized spacial score (nSPS) is 18.8. The van der Waals surface area contributed by atoms with Crippen LogP contribution in [0.2, 0.25) is 0 Å². The molecule has 2 aromatic heterocycles. The number of nitrogens with zero attached hydrogens (tertiary/aromatic N) is 3. The number of hydrogen-bond acceptors (Lipinski definition) is 9. The Bertz CT molecular complexity index is 1390. The van der Waals surface area contributed by atoms with E-state index in [1.165, 1.54) is 6.21 Å². The Kier molecular flexibility index (Phi) is 8.25. The second kappa shape index (κ2) is 11.3. The van der Waals surface area contributed by atoms with Gasteiger partial charge in [-0.25, -0.2) is 4.39 Å². The van der Waals surface area contributed by atoms with Crippen molar-refractivity contribution in [1.29, 1.82) is 0 Å². The standard InChI is InChI=1S/C25H29F4N7O2S/c1-24(2,3)33-9-13(8-30)23(37)32-12-19-35-22(36-38-19)21-15(7-25(27,28)29)14-5-4-6-17(20(14)39-21)34-18-11-31-10-16(18)26/h4-6,8-9,16,18,31,34H,7,10-12,30H2,1-3H3,(H,32,37)/b13-8+,33-9?. The Morgan fingerprint density at radius 2 is 2.08 bits per heavy atom. The molecule has 1 aliphatic rings. The number of nitrogens with one attached hydrogen (secondary N) is 3. The van der Waals surface area contributed by atoms with Crippen LogP contribution in [0.4, 0.5) is 23.2 Å². The van der Waals surface area contributed by atoms with Crippen molar-refractivity contribution in [1.82, 2.24) is 20.8 Å². The van der Waals surface area contributed by atoms with Gasteiger partial charge in [-0.05, 0) is 37.8 Å². The minimum atomic E-state index is -4.49. The molecule has 0 bridgehead atoms. The molecule has 1 aliphatic heterocycles. The minimum Gasteiger partial charge on any atom is -0.404 e. The Morgan fingerprint density at radius 3 is 2.72 bits per heavy atom. The summed E-state index contributed by atoms with van der Waals surface area (Å²) in [6.07, 6.45) is -4.36. The molecule has 3 heterocycles. The van der Waals surface area contributed by atoms with Crippen LogP contribution in [0.3, 0.4) is 0 Å². The number of nitrogens with two attached hydrogens (primary N) is 1. The second-order valence-corrected chi connectivity index (χ2v) is 11.1. The summed E-state index contributed by atoms with van der Waals surface area (Å²) < 4.78 is 60.7. The highest BCUT2D eigenvalue weighted by Crippen LogP contribution is 2.43. The number of hydrogen-bond donors (Lipinski definition) is 4. The van der Waals surface area contributed by atoms with E-state index in [1.54, 1.807) is 18.2 Å². The number of halogens is 4. The average molecular weight is 568 g/mol. The first-order valence-corrected chi connectivity index (χ1v) is 13.0. The highest BCUT2D eigenvalue weighted by Gasteiger charge is 2.33. The van der Waals surface area contributed by atoms with E-state index >= 15 is 0 Å². The molecule has 0 saturated carbocycles. The van der Waals surface area contributed by atoms with Gasteiger partial charge in [0.1, 0.15) is 6.17 Å². The largest absolute Gasteiger partial charge is 0.404 e. The van der Waals surface area contributed by atoms with Gasteiger partial charge in [-0.15, -0.1) is 11.3 Å². The molecule has 1 fully saturated rings. The van der Waals surface area contributed by atoms with Crippen LogP contribution in [-0.2, 0) is 17.8 Å². The Labute approximate surface area is 225 Å². The summed E-state index contributed by atoms with van der Waals surface area (Å²) >= 11 is 1.06. The first-order valence-electron chi connectivity index (χ1n) is 12.2. The van der Waals surface area contributed by atoms with Crippen molar-refractivity contribution in [3.63, 3.8) is 0 Å². The summed E-state index contributed by atoms with van der Waals surface area (Å²) in [5, 5.41) is 12.9. The quantitative estimate of drug-likeness (QED) is 0.183. The van der Waals surface area contributed by atoms with Gasteiger partial charge in [-0.3, -0.25) is 9.79 Å². The van der Waals surface area contributed by atoms with E-state index in [0.717, 1.165) is 17.5 Å². The van der Waals surface area contributed by atoms with E-state index in [-0.39, 0.29) is 40.8 Å². The second-order valence-electron chi connectivity index (χ2n) is 10.1. The molecular formula is C25H29F4N7O2S. The maximum absolute atomic E-state index is 14.2. The lowest BCUT2D eigenvalue weighted by atomic mass is 10.1. The summed E-state index contributed by atoms with van der Waals surface area (Å²) in [6.45, 7) is 6.01. The molecule has 210 valence electrons. The number of rotatable bonds is 8. The lowest BCUT2D eigenvalue weighted by molar-refractivity contribution is -0.126. The Balaban J connectivity index is 1.60. The first-order chi connectivity index (χ1) is 18.3. The van der Waals surface area contributed by atoms with E-state index in [2.05, 4.69) is 31.1 Å². The maximum Gasteiger partial charge on any atom is 0.393 e. The predicted octanol–water partition coefficient (Wildman–Crippen LogP) is 4.11. The van der Waals surface area contributed by atoms with E-state index < -0.39 is 36.3 Å². The van der Waals surface area contributed by atoms with Gasteiger partial charge in [0, 0.05) is 25.5 Å². The molecule has 14 heteroatoms. The minimum absolute atomic E-state index is 0.00405. The highest BCUT2D eigenvalue weighted by atomic mass is 32.1. The topological polar surface area (TPSA) is 130 Å². The number of thiophene rings is 1. The molecule has 1 aromatic carbocycles. The fourth-order valence-electron chi connectivity index (χ4n) is 3.95. The molecule has 3 aromatic rings. The smallest absolute Gasteiger partial charge is 0.393 e. The zero-order chi connectivity index (χ0) is 28.4. The SMILES string of the molecule is CC(C)(C)N=C/C(=C\N)C(=O)NCc1nc(-c2sc3c(NC4CNCC4F)cccc3c2CC(F)(F)F)no1. The molecule has 2 atom stereocenters. The van der Waals surface area contributed by atoms with Crippen LogP contribution in [0.15, 0.2) is 39.5 Å². The molecule has 1 saturated heterocycles. The lowest BCUT2D eigenvalue weighted by Crippen LogP contribution is -2.29. The summed E-state index contributed by atoms with van der Waals surface area (Å²) in [4.78, 5) is 21.1. The number of fused-ring (bicyclic) bond motifs is 1. The van der Waals surface area contributed by atoms with Crippen molar-refractivity contribution in [2.75, 3.05) is 18.4 Å². The fourth-order valence-corrected chi connectivity index (χ4v) is 5.17. The van der Waals surface area contributed by atoms with Gasteiger partial charge in [-0.2, -0.15) is 18.2 Å². The number of benzene rings is 1. The van der Waals surface area contributed by atoms with Crippen molar-refractivity contribution in [3.05, 3.63) is 41.4 Å². The van der Waals surface area contributed by atoms with Crippen LogP contribution in [0.1, 0.15) is 32.2 Å². The number of carbonyl (C=O) groups is 1. The van der Waals surface area contributed by atoms with E-state index in [1.807, 2.05) is 20.8 Å². The van der Waals surface area contributed by atoms with Gasteiger partial charge < -0.3 is 26.2 Å². The van der Waals surface area contributed by atoms with E-state index in [9.17, 15) is 22.4 Å². The van der Waals surface area contributed by atoms with Crippen molar-refractivity contribution in [3.8, 4) is 10.7 Å². The van der Waals surface area contributed by atoms with Gasteiger partial charge in [0.15, 0.2) is 0 Å². The van der Waals surface area contributed by atoms with Gasteiger partial charge in [0.25, 0.3) is 5.91 Å². The summed E-state index contributed by atoms with van der Waals surface area (Å²) in [6, 6.07) is 4.41. The van der Waals surface area contributed by atoms with Gasteiger partial charge in [0.2, 0.25) is 11.7 Å². The summed E-state index contributed by atoms with van der Waals surface area (Å²) in [7, 11) is 0. The Hall–Kier alpha value is -3.52. The molecule has 0 radical (unpaired) electrons. The lowest BCUT2D eigenvalue weighted by Gasteiger charge is -2.16. The molecule has 9 nitrogen and oxygen atoms in total. The van der Waals surface area contributed by atoms with Gasteiger partial charge >= 0.3 is 6.18 Å². The molecule has 1 amide bonds. The van der Waals surface area contributed by atoms with Crippen LogP contribution < -0.4 is 21.7 Å². The summed E-state index contributed by atoms with van der Waals surface area (Å²) in [5.41, 5.74) is 5.77. The van der Waals surface area contributed by atoms with Crippen molar-refractivity contribution < 1.29 is 26.9 Å². The molecule has 5 N–H and O–H groups in total. The van der Waals surface area contributed by atoms with Crippen LogP contribution in [0.5, 0.6) is 0 Å². The molecule has 4 rings (SSSR count). The number of amides is 1. The van der Waals surface area contributed by atoms with Crippen molar-refractivity contribution in [2.24, 2.45) is 10.7 Å². The molecule has 0 spiro atoms. The molecular weight excluding hydrogens is 538 g/mol. The molecule has 39 heavy (non-hydrogen) atoms. The maximum atomic E-state index is 14.2. The fraction of sp³-hybridized carbons (Fsp3) is 0.440. The summed E-state index contributed by atoms with van der Waals surface area (Å²) in [5.74, 6) is -0.581. The number of aliphatic imine (C=N–C) groups is 1. The van der Waals surface area contributed by atoms with Crippen LogP contribution in [0, 0.1) is 0 Å². The number of alkyl halides is 4. The molecule has 0 aliphatic carbocycles. The number of anilines is 1. The third kappa shape index (κ3) is 7.12. The zero-order valence-corrected chi connectivity index (χ0v) is 22.3. The van der Waals surface area contributed by atoms with Crippen LogP contribution >= 0.6 is 11.3 Å². The highest BCUT2D eigenvalue weighted by molar-refractivity contribution is 7.23. The predicted molar refractivity (Wildman–Crippen MR) is 142 cm³/mol. The number of carbonyl (C=O) groups excluding carboxylic acids is 1. The van der Waals surface area contributed by atoms with E-state index in [4.69, 9.17) is 10.3 Å².